The van der Waals surface area contributed by atoms with Gasteiger partial charge in [0.25, 0.3) is 0 Å². The number of fused-ring (bicyclic) bond motifs is 1. The van der Waals surface area contributed by atoms with Crippen molar-refractivity contribution in [2.24, 2.45) is 17.8 Å². The molecule has 0 spiro atoms. The van der Waals surface area contributed by atoms with Crippen LogP contribution in [0.2, 0.25) is 0 Å². The van der Waals surface area contributed by atoms with Gasteiger partial charge in [0.2, 0.25) is 35.4 Å². The maximum Gasteiger partial charge on any atom is 0.329 e. The summed E-state index contributed by atoms with van der Waals surface area (Å²) in [5.74, 6) is -5.68. The van der Waals surface area contributed by atoms with Crippen LogP contribution >= 0.6 is 0 Å². The summed E-state index contributed by atoms with van der Waals surface area (Å²) in [6.07, 6.45) is -0.355. The molecule has 2 aromatic carbocycles. The topological polar surface area (TPSA) is 192 Å². The predicted octanol–water partition coefficient (Wildman–Crippen LogP) is 1.80. The van der Waals surface area contributed by atoms with Gasteiger partial charge in [-0.1, -0.05) is 102 Å². The number of benzene rings is 2. The van der Waals surface area contributed by atoms with Crippen LogP contribution < -0.4 is 26.6 Å². The molecule has 0 bridgehead atoms. The average molecular weight is 761 g/mol. The Hall–Kier alpha value is -5.27. The van der Waals surface area contributed by atoms with E-state index in [1.807, 2.05) is 12.1 Å². The Kier molecular flexibility index (Phi) is 14.9. The molecule has 0 saturated carbocycles. The molecule has 14 nitrogen and oxygen atoms in total. The van der Waals surface area contributed by atoms with Crippen molar-refractivity contribution in [2.75, 3.05) is 6.54 Å². The Morgan fingerprint density at radius 2 is 1.36 bits per heavy atom. The third kappa shape index (κ3) is 11.4. The van der Waals surface area contributed by atoms with Crippen LogP contribution in [0.5, 0.6) is 0 Å². The number of amides is 6. The fourth-order valence-corrected chi connectivity index (χ4v) is 6.84. The van der Waals surface area contributed by atoms with E-state index in [1.54, 1.807) is 90.1 Å². The number of ether oxygens (including phenoxy) is 1. The van der Waals surface area contributed by atoms with Crippen molar-refractivity contribution in [2.45, 2.75) is 117 Å². The molecule has 6 amide bonds. The average Bonchev–Trinajstić information content (AvgIpc) is 3.63. The fourth-order valence-electron chi connectivity index (χ4n) is 6.84. The third-order valence-corrected chi connectivity index (χ3v) is 10.0. The highest BCUT2D eigenvalue weighted by Gasteiger charge is 2.42. The molecular weight excluding hydrogens is 704 g/mol. The van der Waals surface area contributed by atoms with E-state index in [-0.39, 0.29) is 25.3 Å². The fraction of sp³-hybridized carbons (Fsp3) is 0.537. The van der Waals surface area contributed by atoms with Gasteiger partial charge < -0.3 is 36.2 Å². The number of rotatable bonds is 10. The second kappa shape index (κ2) is 19.4. The third-order valence-electron chi connectivity index (χ3n) is 10.0. The van der Waals surface area contributed by atoms with Crippen molar-refractivity contribution >= 4 is 41.4 Å². The van der Waals surface area contributed by atoms with Crippen LogP contribution in [0.15, 0.2) is 60.7 Å². The Morgan fingerprint density at radius 1 is 0.782 bits per heavy atom. The Balaban J connectivity index is 1.73. The van der Waals surface area contributed by atoms with E-state index in [4.69, 9.17) is 4.74 Å². The molecule has 4 rings (SSSR count). The molecule has 2 aromatic rings. The van der Waals surface area contributed by atoms with E-state index >= 15 is 0 Å². The molecule has 0 unspecified atom stereocenters. The van der Waals surface area contributed by atoms with Crippen molar-refractivity contribution in [3.63, 3.8) is 0 Å². The lowest BCUT2D eigenvalue weighted by Crippen LogP contribution is -2.63. The second-order valence-electron chi connectivity index (χ2n) is 15.5. The number of hydrogen-bond donors (Lipinski definition) is 5. The van der Waals surface area contributed by atoms with Crippen LogP contribution in [-0.2, 0) is 51.1 Å². The summed E-state index contributed by atoms with van der Waals surface area (Å²) < 4.78 is 5.82. The standard InChI is InChI=1S/C41H56N6O8/c1-23(2)32(43-31(48)22-28-17-12-9-13-18-28)37(50)46-35-26(7)55-41(54)34(25(5)6)45-38(51)33(24(3)4)44-36(49)30-19-14-20-47(30)40(53)29(42-39(35)52)21-27-15-10-8-11-16-27/h8-13,15-18,23-26,29-30,32-35H,14,19-22H2,1-7H3,(H,42,52)(H,43,48)(H,44,49)(H,45,51)(H,46,50)/t26-,29-,30+,32+,33+,34+,35+/m1/s1. The predicted molar refractivity (Wildman–Crippen MR) is 205 cm³/mol. The molecular formula is C41H56N6O8. The first-order valence-electron chi connectivity index (χ1n) is 19.2. The van der Waals surface area contributed by atoms with Crippen LogP contribution in [0.1, 0.15) is 72.4 Å². The summed E-state index contributed by atoms with van der Waals surface area (Å²) in [6, 6.07) is 11.2. The molecule has 14 heteroatoms. The summed E-state index contributed by atoms with van der Waals surface area (Å²) in [5, 5.41) is 13.8. The van der Waals surface area contributed by atoms with Crippen molar-refractivity contribution in [3.05, 3.63) is 71.8 Å². The number of carbonyl (C=O) groups is 7. The molecule has 0 aromatic heterocycles. The largest absolute Gasteiger partial charge is 0.458 e. The molecule has 0 radical (unpaired) electrons. The van der Waals surface area contributed by atoms with Gasteiger partial charge in [0.15, 0.2) is 0 Å². The maximum absolute atomic E-state index is 14.4. The maximum atomic E-state index is 14.4. The van der Waals surface area contributed by atoms with Crippen LogP contribution in [-0.4, -0.2) is 95.2 Å². The van der Waals surface area contributed by atoms with Gasteiger partial charge >= 0.3 is 5.97 Å². The summed E-state index contributed by atoms with van der Waals surface area (Å²) in [6.45, 7) is 12.1. The van der Waals surface area contributed by atoms with E-state index in [1.165, 1.54) is 11.8 Å². The quantitative estimate of drug-likeness (QED) is 0.227. The zero-order chi connectivity index (χ0) is 40.4. The minimum Gasteiger partial charge on any atom is -0.458 e. The van der Waals surface area contributed by atoms with Gasteiger partial charge in [-0.2, -0.15) is 0 Å². The minimum atomic E-state index is -1.53. The van der Waals surface area contributed by atoms with Gasteiger partial charge in [-0.3, -0.25) is 28.8 Å². The highest BCUT2D eigenvalue weighted by molar-refractivity contribution is 5.98. The van der Waals surface area contributed by atoms with Gasteiger partial charge in [-0.15, -0.1) is 0 Å². The van der Waals surface area contributed by atoms with E-state index in [0.29, 0.717) is 12.8 Å². The van der Waals surface area contributed by atoms with E-state index < -0.39 is 95.6 Å². The number of esters is 1. The lowest BCUT2D eigenvalue weighted by Gasteiger charge is -2.34. The molecule has 2 aliphatic heterocycles. The molecule has 55 heavy (non-hydrogen) atoms. The van der Waals surface area contributed by atoms with Crippen molar-refractivity contribution in [3.8, 4) is 0 Å². The van der Waals surface area contributed by atoms with E-state index in [0.717, 1.165) is 11.1 Å². The van der Waals surface area contributed by atoms with Crippen molar-refractivity contribution in [1.29, 1.82) is 0 Å². The van der Waals surface area contributed by atoms with Crippen LogP contribution in [0.25, 0.3) is 0 Å². The monoisotopic (exact) mass is 760 g/mol. The number of cyclic esters (lactones) is 1. The van der Waals surface area contributed by atoms with E-state index in [9.17, 15) is 33.6 Å². The lowest BCUT2D eigenvalue weighted by molar-refractivity contribution is -0.157. The lowest BCUT2D eigenvalue weighted by atomic mass is 9.99. The Morgan fingerprint density at radius 3 is 1.95 bits per heavy atom. The first kappa shape index (κ1) is 42.5. The molecule has 0 aliphatic carbocycles. The van der Waals surface area contributed by atoms with Gasteiger partial charge in [0.05, 0.1) is 6.42 Å². The van der Waals surface area contributed by atoms with E-state index in [2.05, 4.69) is 26.6 Å². The SMILES string of the molecule is CC(C)[C@H](NC(=O)Cc1ccccc1)C(=O)N[C@@H]1C(=O)N[C@H](Cc2ccccc2)C(=O)N2CCC[C@H]2C(=O)N[C@@H](C(C)C)C(=O)N[C@@H](C(C)C)C(=O)O[C@@H]1C. The van der Waals surface area contributed by atoms with Crippen LogP contribution in [0.3, 0.4) is 0 Å². The zero-order valence-electron chi connectivity index (χ0n) is 32.8. The molecule has 2 aliphatic rings. The molecule has 2 fully saturated rings. The molecule has 2 heterocycles. The van der Waals surface area contributed by atoms with Crippen LogP contribution in [0, 0.1) is 17.8 Å². The van der Waals surface area contributed by atoms with Gasteiger partial charge in [-0.05, 0) is 48.6 Å². The minimum absolute atomic E-state index is 0.0219. The normalized spacial score (nSPS) is 24.8. The summed E-state index contributed by atoms with van der Waals surface area (Å²) in [7, 11) is 0. The first-order valence-corrected chi connectivity index (χ1v) is 19.2. The highest BCUT2D eigenvalue weighted by atomic mass is 16.5. The van der Waals surface area contributed by atoms with Gasteiger partial charge in [0.1, 0.15) is 42.4 Å². The number of nitrogens with zero attached hydrogens (tertiary/aromatic N) is 1. The zero-order valence-corrected chi connectivity index (χ0v) is 32.8. The molecule has 2 saturated heterocycles. The highest BCUT2D eigenvalue weighted by Crippen LogP contribution is 2.21. The number of hydrogen-bond acceptors (Lipinski definition) is 8. The summed E-state index contributed by atoms with van der Waals surface area (Å²) in [5.41, 5.74) is 1.48. The second-order valence-corrected chi connectivity index (χ2v) is 15.5. The first-order chi connectivity index (χ1) is 26.1. The summed E-state index contributed by atoms with van der Waals surface area (Å²) >= 11 is 0. The van der Waals surface area contributed by atoms with Crippen molar-refractivity contribution < 1.29 is 38.3 Å². The summed E-state index contributed by atoms with van der Waals surface area (Å²) in [4.78, 5) is 98.5. The smallest absolute Gasteiger partial charge is 0.329 e. The van der Waals surface area contributed by atoms with Gasteiger partial charge in [0, 0.05) is 13.0 Å². The number of carbonyl (C=O) groups excluding carboxylic acids is 7. The van der Waals surface area contributed by atoms with Gasteiger partial charge in [-0.25, -0.2) is 4.79 Å². The van der Waals surface area contributed by atoms with Crippen molar-refractivity contribution in [1.82, 2.24) is 31.5 Å². The van der Waals surface area contributed by atoms with Crippen LogP contribution in [0.4, 0.5) is 0 Å². The Labute approximate surface area is 323 Å². The molecule has 5 N–H and O–H groups in total. The number of nitrogens with one attached hydrogen (secondary N) is 5. The Bertz CT molecular complexity index is 1680. The molecule has 298 valence electrons. The molecule has 7 atom stereocenters.